The molecule has 0 saturated carbocycles. The SMILES string of the molecule is CCN1C(=O)C2(NCCc3c2[nH]c2ccccc32)c2cc(Br)ccc21. The normalized spacial score (nSPS) is 21.8. The number of nitrogens with one attached hydrogen (secondary N) is 2. The number of nitrogens with zero attached hydrogens (tertiary/aromatic N) is 1. The van der Waals surface area contributed by atoms with Crippen molar-refractivity contribution in [2.24, 2.45) is 0 Å². The molecular weight excluding hydrogens is 378 g/mol. The standard InChI is InChI=1S/C20H18BrN3O/c1-2-24-17-8-7-12(21)11-15(17)20(19(24)25)18-14(9-10-22-20)13-5-3-4-6-16(13)23-18/h3-8,11,22-23H,2,9-10H2,1H3. The van der Waals surface area contributed by atoms with Crippen molar-refractivity contribution in [1.82, 2.24) is 10.3 Å². The zero-order valence-corrected chi connectivity index (χ0v) is 15.5. The molecule has 1 unspecified atom stereocenters. The molecule has 3 aromatic rings. The number of fused-ring (bicyclic) bond motifs is 6. The number of aromatic amines is 1. The molecule has 2 aliphatic rings. The van der Waals surface area contributed by atoms with Crippen LogP contribution in [-0.2, 0) is 16.8 Å². The summed E-state index contributed by atoms with van der Waals surface area (Å²) < 4.78 is 0.987. The van der Waals surface area contributed by atoms with Crippen LogP contribution in [0.15, 0.2) is 46.9 Å². The molecular formula is C20H18BrN3O. The second-order valence-corrected chi connectivity index (χ2v) is 7.58. The highest BCUT2D eigenvalue weighted by Crippen LogP contribution is 2.48. The van der Waals surface area contributed by atoms with Crippen LogP contribution in [0.5, 0.6) is 0 Å². The fourth-order valence-electron chi connectivity index (χ4n) is 4.44. The van der Waals surface area contributed by atoms with E-state index in [2.05, 4.69) is 50.5 Å². The van der Waals surface area contributed by atoms with Crippen LogP contribution < -0.4 is 10.2 Å². The average Bonchev–Trinajstić information content (AvgIpc) is 3.11. The van der Waals surface area contributed by atoms with E-state index in [0.29, 0.717) is 6.54 Å². The predicted octanol–water partition coefficient (Wildman–Crippen LogP) is 3.69. The number of hydrogen-bond acceptors (Lipinski definition) is 2. The first-order valence-electron chi connectivity index (χ1n) is 8.64. The Balaban J connectivity index is 1.86. The average molecular weight is 396 g/mol. The van der Waals surface area contributed by atoms with E-state index in [4.69, 9.17) is 0 Å². The van der Waals surface area contributed by atoms with Gasteiger partial charge in [0.15, 0.2) is 5.54 Å². The van der Waals surface area contributed by atoms with Crippen LogP contribution in [0.25, 0.3) is 10.9 Å². The van der Waals surface area contributed by atoms with Gasteiger partial charge in [0.2, 0.25) is 0 Å². The molecule has 0 saturated heterocycles. The van der Waals surface area contributed by atoms with Gasteiger partial charge in [-0.15, -0.1) is 0 Å². The van der Waals surface area contributed by atoms with Gasteiger partial charge in [-0.05, 0) is 43.2 Å². The number of carbonyl (C=O) groups is 1. The molecule has 1 atom stereocenters. The number of aromatic nitrogens is 1. The van der Waals surface area contributed by atoms with Crippen molar-refractivity contribution in [2.45, 2.75) is 18.9 Å². The van der Waals surface area contributed by atoms with Crippen LogP contribution in [0.4, 0.5) is 5.69 Å². The minimum absolute atomic E-state index is 0.107. The fraction of sp³-hybridized carbons (Fsp3) is 0.250. The number of likely N-dealkylation sites (N-methyl/N-ethyl adjacent to an activating group) is 1. The Hall–Kier alpha value is -2.11. The predicted molar refractivity (Wildman–Crippen MR) is 103 cm³/mol. The maximum atomic E-state index is 13.5. The number of halogens is 1. The van der Waals surface area contributed by atoms with E-state index < -0.39 is 5.54 Å². The second kappa shape index (κ2) is 5.19. The lowest BCUT2D eigenvalue weighted by Gasteiger charge is -2.34. The zero-order chi connectivity index (χ0) is 17.2. The quantitative estimate of drug-likeness (QED) is 0.659. The Bertz CT molecular complexity index is 1020. The lowest BCUT2D eigenvalue weighted by atomic mass is 9.82. The van der Waals surface area contributed by atoms with Gasteiger partial charge in [0.25, 0.3) is 5.91 Å². The molecule has 4 nitrogen and oxygen atoms in total. The molecule has 25 heavy (non-hydrogen) atoms. The van der Waals surface area contributed by atoms with Gasteiger partial charge in [-0.3, -0.25) is 10.1 Å². The molecule has 2 aromatic carbocycles. The van der Waals surface area contributed by atoms with Crippen molar-refractivity contribution in [1.29, 1.82) is 0 Å². The van der Waals surface area contributed by atoms with Gasteiger partial charge in [-0.1, -0.05) is 34.1 Å². The van der Waals surface area contributed by atoms with Crippen LogP contribution in [0.1, 0.15) is 23.7 Å². The van der Waals surface area contributed by atoms with Gasteiger partial charge in [0.1, 0.15) is 0 Å². The minimum Gasteiger partial charge on any atom is -0.356 e. The van der Waals surface area contributed by atoms with Crippen LogP contribution in [-0.4, -0.2) is 24.0 Å². The van der Waals surface area contributed by atoms with Crippen molar-refractivity contribution in [3.8, 4) is 0 Å². The second-order valence-electron chi connectivity index (χ2n) is 6.66. The fourth-order valence-corrected chi connectivity index (χ4v) is 4.80. The molecule has 5 heteroatoms. The first-order valence-corrected chi connectivity index (χ1v) is 9.43. The monoisotopic (exact) mass is 395 g/mol. The molecule has 1 aromatic heterocycles. The highest BCUT2D eigenvalue weighted by Gasteiger charge is 2.54. The van der Waals surface area contributed by atoms with E-state index in [1.165, 1.54) is 10.9 Å². The van der Waals surface area contributed by atoms with Gasteiger partial charge in [0, 0.05) is 39.7 Å². The Morgan fingerprint density at radius 1 is 1.24 bits per heavy atom. The number of benzene rings is 2. The Morgan fingerprint density at radius 3 is 2.92 bits per heavy atom. The third kappa shape index (κ3) is 1.82. The lowest BCUT2D eigenvalue weighted by Crippen LogP contribution is -2.55. The molecule has 2 N–H and O–H groups in total. The largest absolute Gasteiger partial charge is 0.356 e. The lowest BCUT2D eigenvalue weighted by molar-refractivity contribution is -0.123. The molecule has 126 valence electrons. The van der Waals surface area contributed by atoms with Gasteiger partial charge in [-0.2, -0.15) is 0 Å². The van der Waals surface area contributed by atoms with E-state index in [-0.39, 0.29) is 5.91 Å². The summed E-state index contributed by atoms with van der Waals surface area (Å²) in [5.74, 6) is 0.107. The third-order valence-corrected chi connectivity index (χ3v) is 5.98. The molecule has 5 rings (SSSR count). The summed E-state index contributed by atoms with van der Waals surface area (Å²) in [6, 6.07) is 14.4. The highest BCUT2D eigenvalue weighted by atomic mass is 79.9. The number of H-pyrrole nitrogens is 1. The summed E-state index contributed by atoms with van der Waals surface area (Å²) >= 11 is 3.58. The molecule has 0 bridgehead atoms. The maximum Gasteiger partial charge on any atom is 0.258 e. The van der Waals surface area contributed by atoms with Crippen molar-refractivity contribution in [2.75, 3.05) is 18.0 Å². The van der Waals surface area contributed by atoms with E-state index in [1.54, 1.807) is 0 Å². The van der Waals surface area contributed by atoms with Crippen molar-refractivity contribution in [3.63, 3.8) is 0 Å². The third-order valence-electron chi connectivity index (χ3n) is 5.49. The van der Waals surface area contributed by atoms with Gasteiger partial charge in [0.05, 0.1) is 5.69 Å². The number of rotatable bonds is 1. The van der Waals surface area contributed by atoms with Crippen LogP contribution in [0.3, 0.4) is 0 Å². The number of anilines is 1. The van der Waals surface area contributed by atoms with Gasteiger partial charge >= 0.3 is 0 Å². The van der Waals surface area contributed by atoms with Crippen LogP contribution >= 0.6 is 15.9 Å². The zero-order valence-electron chi connectivity index (χ0n) is 13.9. The summed E-state index contributed by atoms with van der Waals surface area (Å²) in [5.41, 5.74) is 4.56. The topological polar surface area (TPSA) is 48.1 Å². The summed E-state index contributed by atoms with van der Waals surface area (Å²) in [4.78, 5) is 19.0. The first-order chi connectivity index (χ1) is 12.2. The number of para-hydroxylation sites is 1. The summed E-state index contributed by atoms with van der Waals surface area (Å²) in [6.45, 7) is 3.47. The molecule has 0 fully saturated rings. The van der Waals surface area contributed by atoms with Crippen molar-refractivity contribution >= 4 is 38.4 Å². The number of amides is 1. The minimum atomic E-state index is -0.818. The summed E-state index contributed by atoms with van der Waals surface area (Å²) in [6.07, 6.45) is 0.920. The Kier molecular flexibility index (Phi) is 3.15. The van der Waals surface area contributed by atoms with Crippen molar-refractivity contribution in [3.05, 3.63) is 63.8 Å². The van der Waals surface area contributed by atoms with Gasteiger partial charge in [-0.25, -0.2) is 0 Å². The van der Waals surface area contributed by atoms with Crippen LogP contribution in [0.2, 0.25) is 0 Å². The van der Waals surface area contributed by atoms with Gasteiger partial charge < -0.3 is 9.88 Å². The highest BCUT2D eigenvalue weighted by molar-refractivity contribution is 9.10. The summed E-state index contributed by atoms with van der Waals surface area (Å²) in [7, 11) is 0. The molecule has 2 aliphatic heterocycles. The first kappa shape index (κ1) is 15.2. The van der Waals surface area contributed by atoms with Crippen LogP contribution in [0, 0.1) is 0 Å². The van der Waals surface area contributed by atoms with E-state index in [0.717, 1.165) is 39.9 Å². The molecule has 0 aliphatic carbocycles. The Labute approximate surface area is 154 Å². The molecule has 1 spiro atoms. The van der Waals surface area contributed by atoms with E-state index in [1.807, 2.05) is 30.0 Å². The van der Waals surface area contributed by atoms with E-state index >= 15 is 0 Å². The smallest absolute Gasteiger partial charge is 0.258 e. The number of carbonyl (C=O) groups excluding carboxylic acids is 1. The Morgan fingerprint density at radius 2 is 2.08 bits per heavy atom. The maximum absolute atomic E-state index is 13.5. The molecule has 3 heterocycles. The van der Waals surface area contributed by atoms with Crippen molar-refractivity contribution < 1.29 is 4.79 Å². The molecule has 1 amide bonds. The number of hydrogen-bond donors (Lipinski definition) is 2. The van der Waals surface area contributed by atoms with E-state index in [9.17, 15) is 4.79 Å². The summed E-state index contributed by atoms with van der Waals surface area (Å²) in [5, 5.41) is 4.79. The molecule has 0 radical (unpaired) electrons.